The fourth-order valence-corrected chi connectivity index (χ4v) is 14.9. The van der Waals surface area contributed by atoms with Crippen LogP contribution in [0.4, 0.5) is 9.59 Å². The molecule has 460 valence electrons. The highest BCUT2D eigenvalue weighted by Crippen LogP contribution is 2.50. The number of rotatable bonds is 14. The third kappa shape index (κ3) is 16.5. The quantitative estimate of drug-likeness (QED) is 0.0401. The van der Waals surface area contributed by atoms with Crippen molar-refractivity contribution in [3.63, 3.8) is 0 Å². The largest absolute Gasteiger partial charge is 0.508 e. The molecule has 0 radical (unpaired) electrons. The number of hydrogen-bond acceptors (Lipinski definition) is 11. The highest BCUT2D eigenvalue weighted by molar-refractivity contribution is 5.69. The van der Waals surface area contributed by atoms with Gasteiger partial charge in [-0.1, -0.05) is 157 Å². The van der Waals surface area contributed by atoms with Gasteiger partial charge >= 0.3 is 12.2 Å². The number of carboxylic acid groups (broad SMARTS) is 1. The lowest BCUT2D eigenvalue weighted by atomic mass is 9.59. The standard InChI is InChI=1S/C27H35NO4.C24H29NO3.C19H29NO2.CH2O2/c1-3-30-19-32-23-14-13-21-16-22-12-8-5-9-15-27(2,24(21)17-23)25(22)28-26(29)31-18-20-10-6-4-7-11-20;1-24-13-7-3-6-10-19(14-18-11-12-20(26)15-21(18)24)22(24)25-23(27)28-16-17-8-4-2-5-9-17;1-3-21-13-22-16-9-8-14-11-15-7-5-4-6-10-19(2,18(15)20)17(14)12-16;2-1-3/h4,6-7,10-11,13-14,17,22,25H,3,5,8-9,12,15-16,18-19H2,1-2H3,(H,28,29);2,4-5,8-9,11-12,15,19,22,26H,3,6-7,10,13-14,16H2,1H3,(H,25,27);8-9,12,15,18H,3-7,10-11,13,20H2,1-2H3;1H,(H,2,3)/t22-,25-,27+;19-,22-,24+;15-,18-,19+;/m000./s1. The van der Waals surface area contributed by atoms with E-state index in [2.05, 4.69) is 67.8 Å². The monoisotopic (exact) mass is 1170 g/mol. The maximum atomic E-state index is 12.8. The Hall–Kier alpha value is -6.61. The highest BCUT2D eigenvalue weighted by Gasteiger charge is 2.49. The van der Waals surface area contributed by atoms with Gasteiger partial charge in [-0.3, -0.25) is 4.79 Å². The molecule has 6 N–H and O–H groups in total. The molecule has 9 atom stereocenters. The van der Waals surface area contributed by atoms with Crippen molar-refractivity contribution >= 4 is 18.7 Å². The first kappa shape index (κ1) is 64.4. The minimum absolute atomic E-state index is 0.0189. The van der Waals surface area contributed by atoms with Crippen LogP contribution in [-0.2, 0) is 72.5 Å². The van der Waals surface area contributed by atoms with Crippen LogP contribution < -0.4 is 25.8 Å². The summed E-state index contributed by atoms with van der Waals surface area (Å²) < 4.78 is 33.3. The van der Waals surface area contributed by atoms with Crippen LogP contribution >= 0.6 is 0 Å². The molecule has 0 saturated heterocycles. The van der Waals surface area contributed by atoms with E-state index < -0.39 is 0 Å². The lowest BCUT2D eigenvalue weighted by molar-refractivity contribution is -0.122. The van der Waals surface area contributed by atoms with Gasteiger partial charge in [-0.2, -0.15) is 0 Å². The first-order chi connectivity index (χ1) is 41.2. The number of carbonyl (C=O) groups excluding carboxylic acids is 2. The third-order valence-corrected chi connectivity index (χ3v) is 19.4. The Morgan fingerprint density at radius 2 is 0.929 bits per heavy atom. The van der Waals surface area contributed by atoms with E-state index in [1.54, 1.807) is 6.07 Å². The minimum atomic E-state index is -0.353. The zero-order valence-corrected chi connectivity index (χ0v) is 51.1. The van der Waals surface area contributed by atoms with Crippen molar-refractivity contribution in [3.05, 3.63) is 160 Å². The number of aromatic hydroxyl groups is 1. The Labute approximate surface area is 505 Å². The second kappa shape index (κ2) is 31.2. The van der Waals surface area contributed by atoms with Gasteiger partial charge in [-0.25, -0.2) is 9.59 Å². The number of hydrogen-bond donors (Lipinski definition) is 5. The Kier molecular flexibility index (Phi) is 23.6. The third-order valence-electron chi connectivity index (χ3n) is 19.4. The summed E-state index contributed by atoms with van der Waals surface area (Å²) in [6, 6.07) is 38.6. The van der Waals surface area contributed by atoms with Gasteiger partial charge in [-0.05, 0) is 170 Å². The molecule has 85 heavy (non-hydrogen) atoms. The molecule has 5 aromatic rings. The lowest BCUT2D eigenvalue weighted by Gasteiger charge is -2.49. The number of amides is 2. The summed E-state index contributed by atoms with van der Waals surface area (Å²) >= 11 is 0. The van der Waals surface area contributed by atoms with Crippen molar-refractivity contribution < 1.29 is 53.0 Å². The number of nitrogens with one attached hydrogen (secondary N) is 2. The summed E-state index contributed by atoms with van der Waals surface area (Å²) in [5, 5.41) is 23.5. The first-order valence-electron chi connectivity index (χ1n) is 31.5. The molecule has 11 rings (SSSR count). The summed E-state index contributed by atoms with van der Waals surface area (Å²) in [7, 11) is 0. The van der Waals surface area contributed by atoms with Gasteiger partial charge in [0.2, 0.25) is 0 Å². The van der Waals surface area contributed by atoms with E-state index in [9.17, 15) is 14.7 Å². The van der Waals surface area contributed by atoms with E-state index in [1.807, 2.05) is 86.6 Å². The molecular weight excluding hydrogens is 1070 g/mol. The number of phenolic OH excluding ortho intramolecular Hbond substituents is 1. The van der Waals surface area contributed by atoms with Crippen molar-refractivity contribution in [2.75, 3.05) is 26.8 Å². The molecular formula is C71H95N3O11. The van der Waals surface area contributed by atoms with E-state index >= 15 is 0 Å². The van der Waals surface area contributed by atoms with Crippen molar-refractivity contribution in [2.24, 2.45) is 23.5 Å². The molecule has 3 fully saturated rings. The van der Waals surface area contributed by atoms with E-state index in [-0.39, 0.29) is 73.0 Å². The van der Waals surface area contributed by atoms with Crippen molar-refractivity contribution in [3.8, 4) is 17.2 Å². The van der Waals surface area contributed by atoms with Crippen LogP contribution in [0.5, 0.6) is 17.2 Å². The maximum absolute atomic E-state index is 12.8. The zero-order chi connectivity index (χ0) is 60.2. The predicted octanol–water partition coefficient (Wildman–Crippen LogP) is 14.3. The molecule has 5 aromatic carbocycles. The SMILES string of the molecule is CCOCOc1ccc2c(c1)[C@@]1(C)CCCCC[C@@H](C2)[C@@H]1N.CCOCOc1ccc2c(c1)[C@@]1(C)CCCCC[C@@H](C2)[C@@H]1NC(=O)OCc1ccccc1.C[C@@]12CCCCC[C@@H](Cc3ccc(O)cc31)[C@@H]2NC(=O)OCc1ccccc1.O=CO. The van der Waals surface area contributed by atoms with Crippen LogP contribution in [-0.4, -0.2) is 73.8 Å². The van der Waals surface area contributed by atoms with E-state index in [1.165, 1.54) is 91.2 Å². The number of ether oxygens (including phenoxy) is 6. The summed E-state index contributed by atoms with van der Waals surface area (Å²) in [6.07, 6.45) is 20.2. The lowest BCUT2D eigenvalue weighted by Crippen LogP contribution is -2.57. The van der Waals surface area contributed by atoms with Crippen LogP contribution in [0.15, 0.2) is 115 Å². The van der Waals surface area contributed by atoms with Gasteiger partial charge in [-0.15, -0.1) is 0 Å². The van der Waals surface area contributed by atoms with E-state index in [4.69, 9.17) is 44.1 Å². The molecule has 6 aliphatic rings. The smallest absolute Gasteiger partial charge is 0.407 e. The number of alkyl carbamates (subject to hydrolysis) is 2. The normalized spacial score (nSPS) is 26.1. The Bertz CT molecular complexity index is 2910. The van der Waals surface area contributed by atoms with Crippen LogP contribution in [0.25, 0.3) is 0 Å². The second-order valence-corrected chi connectivity index (χ2v) is 24.9. The minimum Gasteiger partial charge on any atom is -0.508 e. The van der Waals surface area contributed by atoms with Crippen LogP contribution in [0.1, 0.15) is 175 Å². The Balaban J connectivity index is 0.000000165. The van der Waals surface area contributed by atoms with Gasteiger partial charge in [0.1, 0.15) is 30.5 Å². The molecule has 2 amide bonds. The predicted molar refractivity (Wildman–Crippen MR) is 332 cm³/mol. The number of carbonyl (C=O) groups is 3. The molecule has 0 unspecified atom stereocenters. The summed E-state index contributed by atoms with van der Waals surface area (Å²) in [5.41, 5.74) is 16.5. The molecule has 0 aliphatic heterocycles. The van der Waals surface area contributed by atoms with Gasteiger partial charge < -0.3 is 55.0 Å². The molecule has 6 aliphatic carbocycles. The fourth-order valence-electron chi connectivity index (χ4n) is 14.9. The number of benzene rings is 5. The second-order valence-electron chi connectivity index (χ2n) is 24.9. The van der Waals surface area contributed by atoms with Gasteiger partial charge in [0.25, 0.3) is 6.47 Å². The van der Waals surface area contributed by atoms with Gasteiger partial charge in [0, 0.05) is 47.6 Å². The number of nitrogens with two attached hydrogens (primary N) is 1. The highest BCUT2D eigenvalue weighted by atomic mass is 16.7. The molecule has 14 nitrogen and oxygen atoms in total. The summed E-state index contributed by atoms with van der Waals surface area (Å²) in [5.74, 6) is 3.46. The van der Waals surface area contributed by atoms with Crippen molar-refractivity contribution in [1.29, 1.82) is 0 Å². The summed E-state index contributed by atoms with van der Waals surface area (Å²) in [4.78, 5) is 33.8. The van der Waals surface area contributed by atoms with Gasteiger partial charge in [0.15, 0.2) is 13.6 Å². The molecule has 0 spiro atoms. The maximum Gasteiger partial charge on any atom is 0.407 e. The number of phenols is 1. The fraction of sp³-hybridized carbons (Fsp3) is 0.535. The van der Waals surface area contributed by atoms with E-state index in [0.717, 1.165) is 80.4 Å². The average molecular weight is 1170 g/mol. The van der Waals surface area contributed by atoms with Crippen LogP contribution in [0.2, 0.25) is 0 Å². The average Bonchev–Trinajstić information content (AvgIpc) is 1.94. The molecule has 14 heteroatoms. The Morgan fingerprint density at radius 3 is 1.38 bits per heavy atom. The van der Waals surface area contributed by atoms with Crippen LogP contribution in [0, 0.1) is 17.8 Å². The Morgan fingerprint density at radius 1 is 0.541 bits per heavy atom. The number of fused-ring (bicyclic) bond motifs is 12. The van der Waals surface area contributed by atoms with Crippen LogP contribution in [0.3, 0.4) is 0 Å². The molecule has 0 aromatic heterocycles. The molecule has 3 saturated carbocycles. The molecule has 6 bridgehead atoms. The zero-order valence-electron chi connectivity index (χ0n) is 51.1. The molecule has 0 heterocycles. The summed E-state index contributed by atoms with van der Waals surface area (Å²) in [6.45, 7) is 13.0. The topological polar surface area (TPSA) is 197 Å². The van der Waals surface area contributed by atoms with Crippen molar-refractivity contribution in [2.45, 2.75) is 198 Å². The van der Waals surface area contributed by atoms with Gasteiger partial charge in [0.05, 0.1) is 0 Å². The van der Waals surface area contributed by atoms with Crippen molar-refractivity contribution in [1.82, 2.24) is 10.6 Å². The first-order valence-corrected chi connectivity index (χ1v) is 31.5. The van der Waals surface area contributed by atoms with E-state index in [0.29, 0.717) is 43.5 Å².